The summed E-state index contributed by atoms with van der Waals surface area (Å²) in [5.74, 6) is 1.02. The van der Waals surface area contributed by atoms with Crippen LogP contribution in [0.1, 0.15) is 30.1 Å². The highest BCUT2D eigenvalue weighted by molar-refractivity contribution is 5.19. The monoisotopic (exact) mass is 261 g/mol. The molecule has 0 saturated carbocycles. The lowest BCUT2D eigenvalue weighted by atomic mass is 10.1. The van der Waals surface area contributed by atoms with Crippen molar-refractivity contribution in [3.05, 3.63) is 47.4 Å². The van der Waals surface area contributed by atoms with Gasteiger partial charge in [-0.1, -0.05) is 17.3 Å². The maximum atomic E-state index is 13.1. The van der Waals surface area contributed by atoms with Gasteiger partial charge >= 0.3 is 0 Å². The summed E-state index contributed by atoms with van der Waals surface area (Å²) in [6.07, 6.45) is 2.98. The van der Waals surface area contributed by atoms with Crippen molar-refractivity contribution < 1.29 is 8.91 Å². The summed E-state index contributed by atoms with van der Waals surface area (Å²) in [6.45, 7) is 2.92. The van der Waals surface area contributed by atoms with Crippen LogP contribution < -0.4 is 0 Å². The number of hydrogen-bond acceptors (Lipinski definition) is 4. The summed E-state index contributed by atoms with van der Waals surface area (Å²) < 4.78 is 18.3. The van der Waals surface area contributed by atoms with Gasteiger partial charge in [0.2, 0.25) is 5.89 Å². The molecule has 0 atom stereocenters. The van der Waals surface area contributed by atoms with E-state index in [1.54, 1.807) is 6.07 Å². The van der Waals surface area contributed by atoms with Gasteiger partial charge in [-0.25, -0.2) is 4.39 Å². The highest BCUT2D eigenvalue weighted by atomic mass is 19.1. The van der Waals surface area contributed by atoms with Crippen LogP contribution in [0.5, 0.6) is 0 Å². The van der Waals surface area contributed by atoms with Gasteiger partial charge in [0.1, 0.15) is 5.82 Å². The van der Waals surface area contributed by atoms with Crippen LogP contribution in [-0.2, 0) is 13.0 Å². The molecule has 1 aliphatic heterocycles. The number of hydrogen-bond donors (Lipinski definition) is 0. The normalized spacial score (nSPS) is 16.1. The minimum atomic E-state index is -0.238. The molecule has 1 fully saturated rings. The fourth-order valence-electron chi connectivity index (χ4n) is 2.39. The number of halogens is 1. The second-order valence-corrected chi connectivity index (χ2v) is 4.89. The number of nitrogens with zero attached hydrogens (tertiary/aromatic N) is 3. The molecule has 1 aliphatic rings. The molecule has 1 aromatic heterocycles. The first-order valence-corrected chi connectivity index (χ1v) is 6.58. The largest absolute Gasteiger partial charge is 0.338 e. The summed E-state index contributed by atoms with van der Waals surface area (Å²) in [7, 11) is 0. The predicted octanol–water partition coefficient (Wildman–Crippen LogP) is 2.40. The molecule has 19 heavy (non-hydrogen) atoms. The third-order valence-corrected chi connectivity index (χ3v) is 3.32. The highest BCUT2D eigenvalue weighted by Gasteiger charge is 2.15. The molecule has 2 aromatic rings. The van der Waals surface area contributed by atoms with E-state index in [9.17, 15) is 4.39 Å². The lowest BCUT2D eigenvalue weighted by Gasteiger charge is -2.09. The molecule has 1 saturated heterocycles. The third kappa shape index (κ3) is 3.17. The molecule has 0 unspecified atom stereocenters. The molecule has 3 rings (SSSR count). The molecule has 100 valence electrons. The van der Waals surface area contributed by atoms with E-state index in [-0.39, 0.29) is 5.82 Å². The average Bonchev–Trinajstić information content (AvgIpc) is 3.02. The molecular formula is C14H16FN3O. The minimum absolute atomic E-state index is 0.238. The van der Waals surface area contributed by atoms with Gasteiger partial charge in [-0.15, -0.1) is 0 Å². The Morgan fingerprint density at radius 2 is 2.11 bits per heavy atom. The van der Waals surface area contributed by atoms with Gasteiger partial charge < -0.3 is 4.52 Å². The Balaban J connectivity index is 1.64. The van der Waals surface area contributed by atoms with Gasteiger partial charge in [-0.3, -0.25) is 4.90 Å². The maximum absolute atomic E-state index is 13.1. The second-order valence-electron chi connectivity index (χ2n) is 4.89. The molecule has 1 aromatic carbocycles. The number of rotatable bonds is 4. The Morgan fingerprint density at radius 3 is 2.89 bits per heavy atom. The molecule has 0 spiro atoms. The van der Waals surface area contributed by atoms with Crippen LogP contribution in [0.3, 0.4) is 0 Å². The molecule has 0 radical (unpaired) electrons. The second kappa shape index (κ2) is 5.48. The zero-order valence-electron chi connectivity index (χ0n) is 10.7. The van der Waals surface area contributed by atoms with E-state index in [2.05, 4.69) is 15.0 Å². The van der Waals surface area contributed by atoms with Crippen LogP contribution in [0, 0.1) is 5.82 Å². The fourth-order valence-corrected chi connectivity index (χ4v) is 2.39. The van der Waals surface area contributed by atoms with Crippen molar-refractivity contribution in [3.63, 3.8) is 0 Å². The Labute approximate surface area is 111 Å². The van der Waals surface area contributed by atoms with E-state index >= 15 is 0 Å². The summed E-state index contributed by atoms with van der Waals surface area (Å²) in [6, 6.07) is 6.48. The van der Waals surface area contributed by atoms with Crippen molar-refractivity contribution >= 4 is 0 Å². The van der Waals surface area contributed by atoms with Crippen molar-refractivity contribution in [3.8, 4) is 0 Å². The zero-order chi connectivity index (χ0) is 13.1. The van der Waals surface area contributed by atoms with E-state index in [1.165, 1.54) is 25.0 Å². The first kappa shape index (κ1) is 12.3. The average molecular weight is 261 g/mol. The smallest absolute Gasteiger partial charge is 0.240 e. The summed E-state index contributed by atoms with van der Waals surface area (Å²) in [4.78, 5) is 6.66. The van der Waals surface area contributed by atoms with Crippen molar-refractivity contribution in [2.24, 2.45) is 0 Å². The van der Waals surface area contributed by atoms with E-state index in [1.807, 2.05) is 6.07 Å². The van der Waals surface area contributed by atoms with E-state index in [0.29, 0.717) is 18.1 Å². The van der Waals surface area contributed by atoms with Crippen molar-refractivity contribution in [2.75, 3.05) is 13.1 Å². The molecule has 0 aliphatic carbocycles. The Morgan fingerprint density at radius 1 is 1.26 bits per heavy atom. The molecule has 4 nitrogen and oxygen atoms in total. The van der Waals surface area contributed by atoms with Crippen molar-refractivity contribution in [1.82, 2.24) is 15.0 Å². The van der Waals surface area contributed by atoms with E-state index in [4.69, 9.17) is 4.52 Å². The van der Waals surface area contributed by atoms with Gasteiger partial charge in [0, 0.05) is 6.42 Å². The molecule has 0 bridgehead atoms. The fraction of sp³-hybridized carbons (Fsp3) is 0.429. The maximum Gasteiger partial charge on any atom is 0.240 e. The first-order chi connectivity index (χ1) is 9.29. The molecule has 0 N–H and O–H groups in total. The summed E-state index contributed by atoms with van der Waals surface area (Å²) in [5.41, 5.74) is 0.855. The van der Waals surface area contributed by atoms with Gasteiger partial charge in [0.15, 0.2) is 5.82 Å². The number of likely N-dealkylation sites (tertiary alicyclic amines) is 1. The van der Waals surface area contributed by atoms with E-state index in [0.717, 1.165) is 25.2 Å². The summed E-state index contributed by atoms with van der Waals surface area (Å²) in [5, 5.41) is 3.95. The zero-order valence-corrected chi connectivity index (χ0v) is 10.7. The van der Waals surface area contributed by atoms with Gasteiger partial charge in [0.25, 0.3) is 0 Å². The Bertz CT molecular complexity index is 549. The molecule has 0 amide bonds. The Hall–Kier alpha value is -1.75. The third-order valence-electron chi connectivity index (χ3n) is 3.32. The van der Waals surface area contributed by atoms with Crippen LogP contribution in [-0.4, -0.2) is 28.1 Å². The molecule has 5 heteroatoms. The summed E-state index contributed by atoms with van der Waals surface area (Å²) >= 11 is 0. The SMILES string of the molecule is Fc1cccc(Cc2noc(CN3CCCC3)n2)c1. The van der Waals surface area contributed by atoms with Crippen LogP contribution >= 0.6 is 0 Å². The van der Waals surface area contributed by atoms with E-state index < -0.39 is 0 Å². The first-order valence-electron chi connectivity index (χ1n) is 6.58. The predicted molar refractivity (Wildman–Crippen MR) is 68.0 cm³/mol. The van der Waals surface area contributed by atoms with Crippen LogP contribution in [0.2, 0.25) is 0 Å². The quantitative estimate of drug-likeness (QED) is 0.847. The van der Waals surface area contributed by atoms with Gasteiger partial charge in [-0.2, -0.15) is 4.98 Å². The molecular weight excluding hydrogens is 245 g/mol. The van der Waals surface area contributed by atoms with Crippen molar-refractivity contribution in [2.45, 2.75) is 25.8 Å². The molecule has 2 heterocycles. The van der Waals surface area contributed by atoms with Gasteiger partial charge in [0.05, 0.1) is 6.54 Å². The van der Waals surface area contributed by atoms with Crippen molar-refractivity contribution in [1.29, 1.82) is 0 Å². The number of benzene rings is 1. The topological polar surface area (TPSA) is 42.2 Å². The van der Waals surface area contributed by atoms with Gasteiger partial charge in [-0.05, 0) is 43.6 Å². The Kier molecular flexibility index (Phi) is 3.55. The lowest BCUT2D eigenvalue weighted by Crippen LogP contribution is -2.18. The van der Waals surface area contributed by atoms with Crippen LogP contribution in [0.25, 0.3) is 0 Å². The van der Waals surface area contributed by atoms with Crippen LogP contribution in [0.4, 0.5) is 4.39 Å². The van der Waals surface area contributed by atoms with Crippen LogP contribution in [0.15, 0.2) is 28.8 Å². The lowest BCUT2D eigenvalue weighted by molar-refractivity contribution is 0.267. The number of aromatic nitrogens is 2. The highest BCUT2D eigenvalue weighted by Crippen LogP contribution is 2.13. The standard InChI is InChI=1S/C14H16FN3O/c15-12-5-3-4-11(8-12)9-13-16-14(19-17-13)10-18-6-1-2-7-18/h3-5,8H,1-2,6-7,9-10H2. The minimum Gasteiger partial charge on any atom is -0.338 e.